The van der Waals surface area contributed by atoms with Gasteiger partial charge in [-0.05, 0) is 73.9 Å². The second kappa shape index (κ2) is 9.36. The third-order valence-corrected chi connectivity index (χ3v) is 6.26. The van der Waals surface area contributed by atoms with Crippen LogP contribution in [0, 0.1) is 13.8 Å². The largest absolute Gasteiger partial charge is 0.457 e. The fourth-order valence-electron chi connectivity index (χ4n) is 4.29. The first kappa shape index (κ1) is 21.1. The van der Waals surface area contributed by atoms with Gasteiger partial charge in [0, 0.05) is 43.5 Å². The summed E-state index contributed by atoms with van der Waals surface area (Å²) in [5, 5.41) is 0. The van der Waals surface area contributed by atoms with Gasteiger partial charge in [0.1, 0.15) is 17.8 Å². The Hall–Kier alpha value is -3.11. The molecule has 31 heavy (non-hydrogen) atoms. The van der Waals surface area contributed by atoms with Crippen molar-refractivity contribution in [3.63, 3.8) is 0 Å². The molecule has 0 N–H and O–H groups in total. The molecule has 0 spiro atoms. The molecule has 1 saturated heterocycles. The quantitative estimate of drug-likeness (QED) is 0.478. The van der Waals surface area contributed by atoms with Gasteiger partial charge in [-0.2, -0.15) is 0 Å². The van der Waals surface area contributed by atoms with Crippen LogP contribution in [0.3, 0.4) is 0 Å². The molecule has 0 unspecified atom stereocenters. The summed E-state index contributed by atoms with van der Waals surface area (Å²) in [6.45, 7) is 10.4. The molecule has 0 saturated carbocycles. The lowest BCUT2D eigenvalue weighted by molar-refractivity contribution is 0.112. The van der Waals surface area contributed by atoms with Crippen molar-refractivity contribution in [3.8, 4) is 11.5 Å². The molecule has 1 fully saturated rings. The number of para-hydroxylation sites is 1. The van der Waals surface area contributed by atoms with Crippen LogP contribution in [0.1, 0.15) is 40.0 Å². The number of anilines is 1. The van der Waals surface area contributed by atoms with Crippen LogP contribution >= 0.6 is 0 Å². The molecule has 0 aromatic heterocycles. The van der Waals surface area contributed by atoms with Crippen molar-refractivity contribution in [1.29, 1.82) is 0 Å². The number of nitrogens with zero attached hydrogens (tertiary/aromatic N) is 2. The van der Waals surface area contributed by atoms with Crippen LogP contribution in [0.2, 0.25) is 0 Å². The van der Waals surface area contributed by atoms with E-state index in [9.17, 15) is 4.79 Å². The van der Waals surface area contributed by atoms with Gasteiger partial charge in [0.15, 0.2) is 0 Å². The zero-order valence-corrected chi connectivity index (χ0v) is 18.5. The minimum atomic E-state index is 0.355. The molecule has 1 heterocycles. The van der Waals surface area contributed by atoms with Crippen molar-refractivity contribution in [2.24, 2.45) is 0 Å². The summed E-state index contributed by atoms with van der Waals surface area (Å²) < 4.78 is 5.92. The summed E-state index contributed by atoms with van der Waals surface area (Å²) in [7, 11) is 0. The maximum Gasteiger partial charge on any atom is 0.150 e. The lowest BCUT2D eigenvalue weighted by Gasteiger charge is -2.40. The van der Waals surface area contributed by atoms with Crippen LogP contribution in [0.5, 0.6) is 11.5 Å². The molecule has 0 radical (unpaired) electrons. The number of hydrogen-bond acceptors (Lipinski definition) is 4. The highest BCUT2D eigenvalue weighted by Gasteiger charge is 2.23. The Kier molecular flexibility index (Phi) is 6.38. The van der Waals surface area contributed by atoms with E-state index in [-0.39, 0.29) is 0 Å². The fourth-order valence-corrected chi connectivity index (χ4v) is 4.29. The summed E-state index contributed by atoms with van der Waals surface area (Å²) >= 11 is 0. The fraction of sp³-hybridized carbons (Fsp3) is 0.296. The molecule has 4 heteroatoms. The molecule has 0 aliphatic carbocycles. The number of carbonyl (C=O) groups excluding carboxylic acids is 1. The standard InChI is InChI=1S/C27H30N2O2/c1-20-18-27(21(2)17-24(20)19-30)29-15-13-28(14-16-29)22(3)23-9-11-26(12-10-23)31-25-7-5-4-6-8-25/h4-12,17-19,22H,13-16H2,1-3H3/t22-/m1/s1. The first-order valence-corrected chi connectivity index (χ1v) is 10.9. The van der Waals surface area contributed by atoms with Crippen molar-refractivity contribution in [3.05, 3.63) is 89.0 Å². The van der Waals surface area contributed by atoms with Gasteiger partial charge in [0.25, 0.3) is 0 Å². The molecule has 3 aromatic rings. The van der Waals surface area contributed by atoms with Crippen LogP contribution in [0.4, 0.5) is 5.69 Å². The van der Waals surface area contributed by atoms with E-state index in [2.05, 4.69) is 54.0 Å². The van der Waals surface area contributed by atoms with Crippen LogP contribution in [-0.4, -0.2) is 37.4 Å². The number of hydrogen-bond donors (Lipinski definition) is 0. The number of carbonyl (C=O) groups is 1. The number of ether oxygens (including phenoxy) is 1. The number of piperazine rings is 1. The molecule has 3 aromatic carbocycles. The zero-order chi connectivity index (χ0) is 21.8. The topological polar surface area (TPSA) is 32.8 Å². The molecule has 1 atom stereocenters. The highest BCUT2D eigenvalue weighted by atomic mass is 16.5. The zero-order valence-electron chi connectivity index (χ0n) is 18.5. The summed E-state index contributed by atoms with van der Waals surface area (Å²) in [5.41, 5.74) is 5.55. The predicted molar refractivity (Wildman–Crippen MR) is 126 cm³/mol. The number of aldehydes is 1. The molecule has 0 amide bonds. The van der Waals surface area contributed by atoms with Gasteiger partial charge < -0.3 is 9.64 Å². The molecular formula is C27H30N2O2. The van der Waals surface area contributed by atoms with E-state index in [0.717, 1.165) is 55.1 Å². The Bertz CT molecular complexity index is 1020. The van der Waals surface area contributed by atoms with Gasteiger partial charge in [0.05, 0.1) is 0 Å². The summed E-state index contributed by atoms with van der Waals surface area (Å²) in [5.74, 6) is 1.71. The Morgan fingerprint density at radius 2 is 1.48 bits per heavy atom. The highest BCUT2D eigenvalue weighted by molar-refractivity contribution is 5.79. The van der Waals surface area contributed by atoms with E-state index in [1.807, 2.05) is 43.3 Å². The monoisotopic (exact) mass is 414 g/mol. The van der Waals surface area contributed by atoms with Crippen LogP contribution < -0.4 is 9.64 Å². The Balaban J connectivity index is 1.37. The Labute approximate surface area is 185 Å². The summed E-state index contributed by atoms with van der Waals surface area (Å²) in [6.07, 6.45) is 0.946. The van der Waals surface area contributed by atoms with Crippen molar-refractivity contribution >= 4 is 12.0 Å². The van der Waals surface area contributed by atoms with Crippen LogP contribution in [-0.2, 0) is 0 Å². The van der Waals surface area contributed by atoms with Crippen molar-refractivity contribution in [2.75, 3.05) is 31.1 Å². The normalized spacial score (nSPS) is 15.5. The summed E-state index contributed by atoms with van der Waals surface area (Å²) in [6, 6.07) is 22.8. The number of rotatable bonds is 6. The second-order valence-corrected chi connectivity index (χ2v) is 8.30. The third kappa shape index (κ3) is 4.80. The Morgan fingerprint density at radius 1 is 0.839 bits per heavy atom. The van der Waals surface area contributed by atoms with Gasteiger partial charge in [0.2, 0.25) is 0 Å². The first-order valence-electron chi connectivity index (χ1n) is 10.9. The van der Waals surface area contributed by atoms with E-state index in [1.54, 1.807) is 0 Å². The maximum absolute atomic E-state index is 11.2. The molecular weight excluding hydrogens is 384 g/mol. The summed E-state index contributed by atoms with van der Waals surface area (Å²) in [4.78, 5) is 16.2. The molecule has 1 aliphatic heterocycles. The van der Waals surface area contributed by atoms with Gasteiger partial charge in [-0.25, -0.2) is 0 Å². The van der Waals surface area contributed by atoms with E-state index in [4.69, 9.17) is 4.74 Å². The lowest BCUT2D eigenvalue weighted by Crippen LogP contribution is -2.47. The smallest absolute Gasteiger partial charge is 0.150 e. The number of aryl methyl sites for hydroxylation is 2. The van der Waals surface area contributed by atoms with Crippen molar-refractivity contribution in [1.82, 2.24) is 4.90 Å². The first-order chi connectivity index (χ1) is 15.0. The minimum Gasteiger partial charge on any atom is -0.457 e. The third-order valence-electron chi connectivity index (χ3n) is 6.26. The molecule has 4 nitrogen and oxygen atoms in total. The van der Waals surface area contributed by atoms with Crippen LogP contribution in [0.25, 0.3) is 0 Å². The van der Waals surface area contributed by atoms with Gasteiger partial charge in [-0.15, -0.1) is 0 Å². The minimum absolute atomic E-state index is 0.355. The Morgan fingerprint density at radius 3 is 2.13 bits per heavy atom. The molecule has 4 rings (SSSR count). The van der Waals surface area contributed by atoms with E-state index in [1.165, 1.54) is 16.8 Å². The maximum atomic E-state index is 11.2. The average molecular weight is 415 g/mol. The van der Waals surface area contributed by atoms with Crippen molar-refractivity contribution in [2.45, 2.75) is 26.8 Å². The van der Waals surface area contributed by atoms with E-state index >= 15 is 0 Å². The lowest BCUT2D eigenvalue weighted by atomic mass is 10.0. The molecule has 0 bridgehead atoms. The second-order valence-electron chi connectivity index (χ2n) is 8.30. The van der Waals surface area contributed by atoms with E-state index < -0.39 is 0 Å². The molecule has 160 valence electrons. The van der Waals surface area contributed by atoms with Gasteiger partial charge in [-0.3, -0.25) is 9.69 Å². The highest BCUT2D eigenvalue weighted by Crippen LogP contribution is 2.29. The van der Waals surface area contributed by atoms with Gasteiger partial charge in [-0.1, -0.05) is 30.3 Å². The van der Waals surface area contributed by atoms with E-state index in [0.29, 0.717) is 6.04 Å². The average Bonchev–Trinajstić information content (AvgIpc) is 2.81. The van der Waals surface area contributed by atoms with Gasteiger partial charge >= 0.3 is 0 Å². The van der Waals surface area contributed by atoms with Crippen molar-refractivity contribution < 1.29 is 9.53 Å². The van der Waals surface area contributed by atoms with Crippen LogP contribution in [0.15, 0.2) is 66.7 Å². The predicted octanol–water partition coefficient (Wildman–Crippen LogP) is 5.79. The number of benzene rings is 3. The molecule has 1 aliphatic rings. The SMILES string of the molecule is Cc1cc(N2CCN([C@H](C)c3ccc(Oc4ccccc4)cc3)CC2)c(C)cc1C=O.